The molecule has 2 aromatic carbocycles. The van der Waals surface area contributed by atoms with Crippen LogP contribution in [0.3, 0.4) is 0 Å². The van der Waals surface area contributed by atoms with E-state index in [1.165, 1.54) is 11.1 Å². The molecule has 1 amide bonds. The van der Waals surface area contributed by atoms with Crippen LogP contribution in [0.2, 0.25) is 0 Å². The SMILES string of the molecule is Cc1ncccc1CNC(=O)c1ccc2c(c1)CCC1CC(O)(CCC(F)(F)F)CCC21Cc1ccccc1. The number of hydrogen-bond acceptors (Lipinski definition) is 3. The first kappa shape index (κ1) is 27.4. The van der Waals surface area contributed by atoms with Crippen molar-refractivity contribution in [2.24, 2.45) is 5.92 Å². The molecule has 0 bridgehead atoms. The number of hydrogen-bond donors (Lipinski definition) is 2. The van der Waals surface area contributed by atoms with Crippen molar-refractivity contribution in [3.63, 3.8) is 0 Å². The van der Waals surface area contributed by atoms with Gasteiger partial charge in [-0.3, -0.25) is 9.78 Å². The van der Waals surface area contributed by atoms with Crippen molar-refractivity contribution < 1.29 is 23.1 Å². The summed E-state index contributed by atoms with van der Waals surface area (Å²) in [5, 5.41) is 14.2. The lowest BCUT2D eigenvalue weighted by molar-refractivity contribution is -0.153. The molecule has 3 atom stereocenters. The zero-order chi connectivity index (χ0) is 27.7. The second kappa shape index (κ2) is 10.8. The Morgan fingerprint density at radius 2 is 1.90 bits per heavy atom. The van der Waals surface area contributed by atoms with Crippen molar-refractivity contribution >= 4 is 5.91 Å². The molecule has 1 aromatic heterocycles. The van der Waals surface area contributed by atoms with Gasteiger partial charge in [0.2, 0.25) is 0 Å². The Bertz CT molecular complexity index is 1330. The van der Waals surface area contributed by atoms with E-state index in [1.807, 2.05) is 49.4 Å². The van der Waals surface area contributed by atoms with Gasteiger partial charge in [-0.05, 0) is 98.2 Å². The van der Waals surface area contributed by atoms with Gasteiger partial charge >= 0.3 is 6.18 Å². The van der Waals surface area contributed by atoms with Crippen LogP contribution >= 0.6 is 0 Å². The van der Waals surface area contributed by atoms with Gasteiger partial charge in [-0.15, -0.1) is 0 Å². The van der Waals surface area contributed by atoms with E-state index in [9.17, 15) is 23.1 Å². The molecule has 4 nitrogen and oxygen atoms in total. The monoisotopic (exact) mass is 536 g/mol. The summed E-state index contributed by atoms with van der Waals surface area (Å²) < 4.78 is 39.0. The van der Waals surface area contributed by atoms with Crippen LogP contribution in [0.1, 0.15) is 76.8 Å². The maximum absolute atomic E-state index is 13.1. The molecule has 206 valence electrons. The molecule has 0 radical (unpaired) electrons. The number of rotatable bonds is 7. The topological polar surface area (TPSA) is 62.2 Å². The van der Waals surface area contributed by atoms with Crippen LogP contribution in [0, 0.1) is 12.8 Å². The molecule has 1 saturated carbocycles. The zero-order valence-electron chi connectivity index (χ0n) is 22.2. The minimum atomic E-state index is -4.28. The summed E-state index contributed by atoms with van der Waals surface area (Å²) in [6.07, 6.45) is -0.201. The molecule has 2 aliphatic carbocycles. The fraction of sp³-hybridized carbons (Fsp3) is 0.438. The van der Waals surface area contributed by atoms with Crippen LogP contribution in [-0.2, 0) is 24.8 Å². The predicted octanol–water partition coefficient (Wildman–Crippen LogP) is 6.62. The van der Waals surface area contributed by atoms with E-state index in [4.69, 9.17) is 0 Å². The molecule has 0 aliphatic heterocycles. The van der Waals surface area contributed by atoms with E-state index in [1.54, 1.807) is 6.20 Å². The van der Waals surface area contributed by atoms with Gasteiger partial charge in [0, 0.05) is 35.8 Å². The highest BCUT2D eigenvalue weighted by molar-refractivity contribution is 5.94. The minimum Gasteiger partial charge on any atom is -0.390 e. The third kappa shape index (κ3) is 6.03. The van der Waals surface area contributed by atoms with Crippen molar-refractivity contribution in [2.75, 3.05) is 0 Å². The van der Waals surface area contributed by atoms with Crippen LogP contribution in [0.15, 0.2) is 66.9 Å². The smallest absolute Gasteiger partial charge is 0.389 e. The molecular formula is C32H35F3N2O2. The van der Waals surface area contributed by atoms with E-state index in [-0.39, 0.29) is 23.7 Å². The molecule has 2 aliphatic rings. The van der Waals surface area contributed by atoms with Crippen LogP contribution in [0.25, 0.3) is 0 Å². The Morgan fingerprint density at radius 1 is 1.10 bits per heavy atom. The van der Waals surface area contributed by atoms with E-state index in [0.717, 1.165) is 36.1 Å². The Balaban J connectivity index is 1.41. The highest BCUT2D eigenvalue weighted by atomic mass is 19.4. The van der Waals surface area contributed by atoms with Crippen molar-refractivity contribution in [1.82, 2.24) is 10.3 Å². The van der Waals surface area contributed by atoms with Gasteiger partial charge in [0.25, 0.3) is 5.91 Å². The second-order valence-electron chi connectivity index (χ2n) is 11.4. The predicted molar refractivity (Wildman–Crippen MR) is 144 cm³/mol. The summed E-state index contributed by atoms with van der Waals surface area (Å²) in [5.41, 5.74) is 4.31. The molecule has 7 heteroatoms. The number of aliphatic hydroxyl groups is 1. The first-order valence-electron chi connectivity index (χ1n) is 13.7. The molecule has 3 unspecified atom stereocenters. The highest BCUT2D eigenvalue weighted by Crippen LogP contribution is 2.55. The molecule has 3 aromatic rings. The Labute approximate surface area is 227 Å². The first-order chi connectivity index (χ1) is 18.6. The Morgan fingerprint density at radius 3 is 2.64 bits per heavy atom. The summed E-state index contributed by atoms with van der Waals surface area (Å²) in [6, 6.07) is 19.9. The van der Waals surface area contributed by atoms with Crippen LogP contribution in [-0.4, -0.2) is 27.8 Å². The average Bonchev–Trinajstić information content (AvgIpc) is 2.92. The van der Waals surface area contributed by atoms with Crippen LogP contribution in [0.4, 0.5) is 13.2 Å². The third-order valence-electron chi connectivity index (χ3n) is 8.90. The Kier molecular flexibility index (Phi) is 7.55. The average molecular weight is 537 g/mol. The molecule has 2 N–H and O–H groups in total. The maximum Gasteiger partial charge on any atom is 0.389 e. The highest BCUT2D eigenvalue weighted by Gasteiger charge is 2.52. The number of aryl methyl sites for hydroxylation is 2. The third-order valence-corrected chi connectivity index (χ3v) is 8.90. The van der Waals surface area contributed by atoms with Gasteiger partial charge in [-0.1, -0.05) is 42.5 Å². The fourth-order valence-electron chi connectivity index (χ4n) is 6.78. The standard InChI is InChI=1S/C32H35F3N2O2/c1-22-26(8-5-17-36-22)21-37-29(38)25-10-12-28-24(18-25)9-11-27-20-30(39,14-16-32(33,34)35)13-15-31(27,28)19-23-6-3-2-4-7-23/h2-8,10,12,17-18,27,39H,9,11,13-16,19-21H2,1H3,(H,37,38). The minimum absolute atomic E-state index is 0.0606. The van der Waals surface area contributed by atoms with Crippen molar-refractivity contribution in [3.8, 4) is 0 Å². The number of carbonyl (C=O) groups excluding carboxylic acids is 1. The summed E-state index contributed by atoms with van der Waals surface area (Å²) >= 11 is 0. The Hall–Kier alpha value is -3.19. The number of carbonyl (C=O) groups is 1. The summed E-state index contributed by atoms with van der Waals surface area (Å²) in [7, 11) is 0. The van der Waals surface area contributed by atoms with Crippen LogP contribution in [0.5, 0.6) is 0 Å². The van der Waals surface area contributed by atoms with E-state index in [2.05, 4.69) is 28.5 Å². The van der Waals surface area contributed by atoms with Gasteiger partial charge < -0.3 is 10.4 Å². The largest absolute Gasteiger partial charge is 0.390 e. The van der Waals surface area contributed by atoms with E-state index < -0.39 is 18.2 Å². The number of alkyl halides is 3. The lowest BCUT2D eigenvalue weighted by Crippen LogP contribution is -2.51. The number of halogens is 3. The lowest BCUT2D eigenvalue weighted by Gasteiger charge is -2.53. The van der Waals surface area contributed by atoms with Gasteiger partial charge in [0.05, 0.1) is 5.60 Å². The van der Waals surface area contributed by atoms with Gasteiger partial charge in [0.15, 0.2) is 0 Å². The van der Waals surface area contributed by atoms with Crippen molar-refractivity contribution in [2.45, 2.75) is 82.0 Å². The molecular weight excluding hydrogens is 501 g/mol. The van der Waals surface area contributed by atoms with Crippen molar-refractivity contribution in [3.05, 3.63) is 100 Å². The fourth-order valence-corrected chi connectivity index (χ4v) is 6.78. The van der Waals surface area contributed by atoms with Crippen LogP contribution < -0.4 is 5.32 Å². The quantitative estimate of drug-likeness (QED) is 0.357. The van der Waals surface area contributed by atoms with Crippen molar-refractivity contribution in [1.29, 1.82) is 0 Å². The van der Waals surface area contributed by atoms with Gasteiger partial charge in [-0.25, -0.2) is 0 Å². The van der Waals surface area contributed by atoms with E-state index in [0.29, 0.717) is 31.4 Å². The number of nitrogens with one attached hydrogen (secondary N) is 1. The lowest BCUT2D eigenvalue weighted by atomic mass is 9.52. The number of nitrogens with zero attached hydrogens (tertiary/aromatic N) is 1. The molecule has 0 saturated heterocycles. The zero-order valence-corrected chi connectivity index (χ0v) is 22.2. The summed E-state index contributed by atoms with van der Waals surface area (Å²) in [5.74, 6) is -0.0871. The first-order valence-corrected chi connectivity index (χ1v) is 13.7. The number of fused-ring (bicyclic) bond motifs is 3. The van der Waals surface area contributed by atoms with Gasteiger partial charge in [-0.2, -0.15) is 13.2 Å². The second-order valence-corrected chi connectivity index (χ2v) is 11.4. The number of aromatic nitrogens is 1. The molecule has 1 heterocycles. The maximum atomic E-state index is 13.1. The van der Waals surface area contributed by atoms with Gasteiger partial charge in [0.1, 0.15) is 0 Å². The number of amides is 1. The summed E-state index contributed by atoms with van der Waals surface area (Å²) in [6.45, 7) is 2.31. The van der Waals surface area contributed by atoms with E-state index >= 15 is 0 Å². The summed E-state index contributed by atoms with van der Waals surface area (Å²) in [4.78, 5) is 17.3. The molecule has 1 fully saturated rings. The molecule has 5 rings (SSSR count). The number of benzene rings is 2. The normalized spacial score (nSPS) is 24.5. The molecule has 0 spiro atoms. The number of pyridine rings is 1. The molecule has 39 heavy (non-hydrogen) atoms.